The van der Waals surface area contributed by atoms with Gasteiger partial charge in [0.1, 0.15) is 0 Å². The molecule has 1 aliphatic heterocycles. The third-order valence-corrected chi connectivity index (χ3v) is 3.44. The molecule has 0 aliphatic carbocycles. The molecule has 0 bridgehead atoms. The maximum Gasteiger partial charge on any atom is 0.0700 e. The number of rotatable bonds is 9. The van der Waals surface area contributed by atoms with Gasteiger partial charge in [-0.1, -0.05) is 6.92 Å². The monoisotopic (exact) mass is 244 g/mol. The molecule has 1 rings (SSSR count). The second kappa shape index (κ2) is 8.03. The van der Waals surface area contributed by atoms with Crippen molar-refractivity contribution in [1.82, 2.24) is 10.2 Å². The van der Waals surface area contributed by atoms with Crippen molar-refractivity contribution >= 4 is 0 Å². The Morgan fingerprint density at radius 3 is 2.82 bits per heavy atom. The molecule has 4 heteroatoms. The summed E-state index contributed by atoms with van der Waals surface area (Å²) in [5, 5.41) is 3.30. The van der Waals surface area contributed by atoms with Crippen molar-refractivity contribution in [2.75, 3.05) is 60.2 Å². The highest BCUT2D eigenvalue weighted by molar-refractivity contribution is 4.87. The van der Waals surface area contributed by atoms with Crippen LogP contribution in [0, 0.1) is 5.41 Å². The molecular weight excluding hydrogens is 216 g/mol. The number of ether oxygens (including phenoxy) is 2. The molecule has 1 N–H and O–H groups in total. The topological polar surface area (TPSA) is 33.7 Å². The fraction of sp³-hybridized carbons (Fsp3) is 1.00. The zero-order chi connectivity index (χ0) is 12.6. The van der Waals surface area contributed by atoms with Gasteiger partial charge in [-0.05, 0) is 31.8 Å². The minimum atomic E-state index is 0.464. The summed E-state index contributed by atoms with van der Waals surface area (Å²) in [4.78, 5) is 2.55. The summed E-state index contributed by atoms with van der Waals surface area (Å²) in [6.07, 6.45) is 2.43. The maximum atomic E-state index is 5.47. The zero-order valence-electron chi connectivity index (χ0n) is 11.6. The average molecular weight is 244 g/mol. The fourth-order valence-corrected chi connectivity index (χ4v) is 2.52. The first-order valence-corrected chi connectivity index (χ1v) is 6.64. The van der Waals surface area contributed by atoms with Crippen LogP contribution in [0.3, 0.4) is 0 Å². The predicted octanol–water partition coefficient (Wildman–Crippen LogP) is 0.971. The Balaban J connectivity index is 2.02. The summed E-state index contributed by atoms with van der Waals surface area (Å²) in [5.74, 6) is 0. The fourth-order valence-electron chi connectivity index (χ4n) is 2.52. The van der Waals surface area contributed by atoms with Crippen molar-refractivity contribution in [1.29, 1.82) is 0 Å². The van der Waals surface area contributed by atoms with E-state index in [1.54, 1.807) is 7.11 Å². The van der Waals surface area contributed by atoms with Gasteiger partial charge in [-0.2, -0.15) is 0 Å². The van der Waals surface area contributed by atoms with Gasteiger partial charge in [0.15, 0.2) is 0 Å². The van der Waals surface area contributed by atoms with Crippen molar-refractivity contribution in [3.63, 3.8) is 0 Å². The van der Waals surface area contributed by atoms with Gasteiger partial charge < -0.3 is 19.7 Å². The lowest BCUT2D eigenvalue weighted by atomic mass is 9.90. The van der Waals surface area contributed by atoms with Gasteiger partial charge in [0.25, 0.3) is 0 Å². The number of nitrogens with one attached hydrogen (secondary N) is 1. The van der Waals surface area contributed by atoms with Gasteiger partial charge in [0, 0.05) is 33.4 Å². The molecule has 0 spiro atoms. The van der Waals surface area contributed by atoms with Gasteiger partial charge in [0.2, 0.25) is 0 Å². The van der Waals surface area contributed by atoms with Crippen LogP contribution in [0.15, 0.2) is 0 Å². The van der Waals surface area contributed by atoms with E-state index >= 15 is 0 Å². The number of methoxy groups -OCH3 is 1. The van der Waals surface area contributed by atoms with Crippen molar-refractivity contribution in [3.05, 3.63) is 0 Å². The Hall–Kier alpha value is -0.160. The van der Waals surface area contributed by atoms with Crippen molar-refractivity contribution in [2.24, 2.45) is 5.41 Å². The minimum Gasteiger partial charge on any atom is -0.382 e. The van der Waals surface area contributed by atoms with Crippen molar-refractivity contribution < 1.29 is 9.47 Å². The Bertz CT molecular complexity index is 202. The number of hydrogen-bond donors (Lipinski definition) is 1. The predicted molar refractivity (Wildman–Crippen MR) is 70.4 cm³/mol. The quantitative estimate of drug-likeness (QED) is 0.613. The third-order valence-electron chi connectivity index (χ3n) is 3.44. The molecule has 0 aromatic rings. The van der Waals surface area contributed by atoms with E-state index in [2.05, 4.69) is 17.1 Å². The normalized spacial score (nSPS) is 25.6. The molecule has 1 atom stereocenters. The van der Waals surface area contributed by atoms with Crippen LogP contribution in [0.5, 0.6) is 0 Å². The second-order valence-corrected chi connectivity index (χ2v) is 5.33. The zero-order valence-corrected chi connectivity index (χ0v) is 11.6. The van der Waals surface area contributed by atoms with E-state index in [1.165, 1.54) is 19.5 Å². The Labute approximate surface area is 106 Å². The van der Waals surface area contributed by atoms with Gasteiger partial charge in [-0.3, -0.25) is 0 Å². The molecule has 102 valence electrons. The lowest BCUT2D eigenvalue weighted by Gasteiger charge is -2.24. The SMILES string of the molecule is CNCC1(C)CCN(CCCOCCOC)C1. The summed E-state index contributed by atoms with van der Waals surface area (Å²) in [6, 6.07) is 0. The van der Waals surface area contributed by atoms with Crippen LogP contribution in [-0.2, 0) is 9.47 Å². The van der Waals surface area contributed by atoms with E-state index in [0.29, 0.717) is 18.6 Å². The van der Waals surface area contributed by atoms with E-state index in [4.69, 9.17) is 9.47 Å². The van der Waals surface area contributed by atoms with Crippen LogP contribution in [0.1, 0.15) is 19.8 Å². The molecular formula is C13H28N2O2. The first-order chi connectivity index (χ1) is 8.20. The van der Waals surface area contributed by atoms with E-state index < -0.39 is 0 Å². The average Bonchev–Trinajstić information content (AvgIpc) is 2.66. The lowest BCUT2D eigenvalue weighted by Crippen LogP contribution is -2.33. The Kier molecular flexibility index (Phi) is 7.04. The number of hydrogen-bond acceptors (Lipinski definition) is 4. The molecule has 1 saturated heterocycles. The first kappa shape index (κ1) is 14.9. The van der Waals surface area contributed by atoms with Crippen LogP contribution in [-0.4, -0.2) is 65.1 Å². The molecule has 4 nitrogen and oxygen atoms in total. The molecule has 17 heavy (non-hydrogen) atoms. The molecule has 0 aromatic heterocycles. The Morgan fingerprint density at radius 2 is 2.12 bits per heavy atom. The highest BCUT2D eigenvalue weighted by Crippen LogP contribution is 2.28. The summed E-state index contributed by atoms with van der Waals surface area (Å²) in [7, 11) is 3.74. The molecule has 0 aromatic carbocycles. The molecule has 1 heterocycles. The number of likely N-dealkylation sites (tertiary alicyclic amines) is 1. The maximum absolute atomic E-state index is 5.47. The largest absolute Gasteiger partial charge is 0.382 e. The molecule has 0 radical (unpaired) electrons. The van der Waals surface area contributed by atoms with E-state index in [9.17, 15) is 0 Å². The van der Waals surface area contributed by atoms with Gasteiger partial charge in [-0.25, -0.2) is 0 Å². The summed E-state index contributed by atoms with van der Waals surface area (Å²) in [5.41, 5.74) is 0.464. The standard InChI is InChI=1S/C13H28N2O2/c1-13(11-14-2)5-7-15(12-13)6-4-8-17-10-9-16-3/h14H,4-12H2,1-3H3. The smallest absolute Gasteiger partial charge is 0.0700 e. The Morgan fingerprint density at radius 1 is 1.29 bits per heavy atom. The summed E-state index contributed by atoms with van der Waals surface area (Å²) in [6.45, 7) is 9.36. The molecule has 1 fully saturated rings. The van der Waals surface area contributed by atoms with Crippen molar-refractivity contribution in [2.45, 2.75) is 19.8 Å². The van der Waals surface area contributed by atoms with Crippen LogP contribution >= 0.6 is 0 Å². The van der Waals surface area contributed by atoms with Crippen LogP contribution < -0.4 is 5.32 Å². The van der Waals surface area contributed by atoms with Gasteiger partial charge >= 0.3 is 0 Å². The number of nitrogens with zero attached hydrogens (tertiary/aromatic N) is 1. The molecule has 1 unspecified atom stereocenters. The minimum absolute atomic E-state index is 0.464. The van der Waals surface area contributed by atoms with Crippen LogP contribution in [0.2, 0.25) is 0 Å². The molecule has 1 aliphatic rings. The summed E-state index contributed by atoms with van der Waals surface area (Å²) >= 11 is 0. The third kappa shape index (κ3) is 5.82. The summed E-state index contributed by atoms with van der Waals surface area (Å²) < 4.78 is 10.4. The first-order valence-electron chi connectivity index (χ1n) is 6.64. The molecule has 0 saturated carbocycles. The van der Waals surface area contributed by atoms with E-state index in [0.717, 1.165) is 26.1 Å². The van der Waals surface area contributed by atoms with Crippen LogP contribution in [0.4, 0.5) is 0 Å². The highest BCUT2D eigenvalue weighted by Gasteiger charge is 2.32. The lowest BCUT2D eigenvalue weighted by molar-refractivity contribution is 0.0658. The van der Waals surface area contributed by atoms with Gasteiger partial charge in [0.05, 0.1) is 13.2 Å². The van der Waals surface area contributed by atoms with Crippen LogP contribution in [0.25, 0.3) is 0 Å². The molecule has 0 amide bonds. The van der Waals surface area contributed by atoms with E-state index in [-0.39, 0.29) is 0 Å². The highest BCUT2D eigenvalue weighted by atomic mass is 16.5. The second-order valence-electron chi connectivity index (χ2n) is 5.33. The van der Waals surface area contributed by atoms with E-state index in [1.807, 2.05) is 7.05 Å². The van der Waals surface area contributed by atoms with Crippen molar-refractivity contribution in [3.8, 4) is 0 Å². The van der Waals surface area contributed by atoms with Gasteiger partial charge in [-0.15, -0.1) is 0 Å².